The van der Waals surface area contributed by atoms with Crippen molar-refractivity contribution >= 4 is 40.0 Å². The van der Waals surface area contributed by atoms with Gasteiger partial charge in [-0.05, 0) is 37.3 Å². The molecule has 3 aliphatic heterocycles. The number of hydrogen-bond acceptors (Lipinski definition) is 8. The number of halogens is 1. The maximum Gasteiger partial charge on any atom is 0.240 e. The van der Waals surface area contributed by atoms with Gasteiger partial charge in [0.2, 0.25) is 17.7 Å². The minimum atomic E-state index is -1.20. The van der Waals surface area contributed by atoms with Gasteiger partial charge in [-0.3, -0.25) is 14.6 Å². The number of fused-ring (bicyclic) bond motifs is 6. The Morgan fingerprint density at radius 1 is 1.22 bits per heavy atom. The van der Waals surface area contributed by atoms with Gasteiger partial charge in [0.05, 0.1) is 51.9 Å². The molecule has 3 saturated heterocycles. The van der Waals surface area contributed by atoms with E-state index >= 15 is 0 Å². The van der Waals surface area contributed by atoms with Crippen molar-refractivity contribution in [3.05, 3.63) is 59.4 Å². The van der Waals surface area contributed by atoms with Crippen molar-refractivity contribution < 1.29 is 24.2 Å². The summed E-state index contributed by atoms with van der Waals surface area (Å²) < 4.78 is 12.1. The number of aromatic nitrogens is 2. The molecule has 3 fully saturated rings. The predicted octanol–water partition coefficient (Wildman–Crippen LogP) is 3.02. The molecule has 1 unspecified atom stereocenters. The van der Waals surface area contributed by atoms with E-state index in [2.05, 4.69) is 16.0 Å². The van der Waals surface area contributed by atoms with Gasteiger partial charge in [-0.25, -0.2) is 9.88 Å². The third-order valence-electron chi connectivity index (χ3n) is 7.70. The van der Waals surface area contributed by atoms with E-state index in [1.807, 2.05) is 0 Å². The molecule has 5 heterocycles. The predicted molar refractivity (Wildman–Crippen MR) is 128 cm³/mol. The number of anilines is 1. The molecule has 1 aromatic carbocycles. The number of nitriles is 1. The second-order valence-electron chi connectivity index (χ2n) is 9.59. The number of aliphatic hydroxyl groups is 1. The SMILES string of the molecule is C[C@]12O[C@](CCOc3ccc(Cl)cn3)(CC1O)[C@H]1C(=O)N(c3ccc(C#N)c4ncccc34)C(=O)[C@H]12. The van der Waals surface area contributed by atoms with Gasteiger partial charge in [0, 0.05) is 36.7 Å². The zero-order valence-electron chi connectivity index (χ0n) is 19.2. The van der Waals surface area contributed by atoms with E-state index in [4.69, 9.17) is 21.1 Å². The first-order valence-corrected chi connectivity index (χ1v) is 11.9. The fourth-order valence-corrected chi connectivity index (χ4v) is 6.19. The molecule has 182 valence electrons. The van der Waals surface area contributed by atoms with E-state index in [-0.39, 0.29) is 25.4 Å². The van der Waals surface area contributed by atoms with Crippen molar-refractivity contribution in [2.24, 2.45) is 11.8 Å². The van der Waals surface area contributed by atoms with Crippen molar-refractivity contribution in [1.29, 1.82) is 5.26 Å². The summed E-state index contributed by atoms with van der Waals surface area (Å²) in [5.74, 6) is -2.06. The number of pyridine rings is 2. The first-order chi connectivity index (χ1) is 17.3. The third-order valence-corrected chi connectivity index (χ3v) is 7.92. The Labute approximate surface area is 211 Å². The highest BCUT2D eigenvalue weighted by Gasteiger charge is 2.77. The molecular formula is C26H21ClN4O5. The summed E-state index contributed by atoms with van der Waals surface area (Å²) >= 11 is 5.88. The smallest absolute Gasteiger partial charge is 0.240 e. The van der Waals surface area contributed by atoms with E-state index in [1.54, 1.807) is 49.5 Å². The number of imide groups is 1. The molecule has 0 spiro atoms. The van der Waals surface area contributed by atoms with Gasteiger partial charge < -0.3 is 14.6 Å². The topological polar surface area (TPSA) is 126 Å². The molecule has 5 atom stereocenters. The van der Waals surface area contributed by atoms with Crippen LogP contribution in [0.4, 0.5) is 5.69 Å². The highest BCUT2D eigenvalue weighted by atomic mass is 35.5. The fraction of sp³-hybridized carbons (Fsp3) is 0.346. The molecule has 6 rings (SSSR count). The lowest BCUT2D eigenvalue weighted by Gasteiger charge is -2.33. The number of carbonyl (C=O) groups excluding carboxylic acids is 2. The van der Waals surface area contributed by atoms with Gasteiger partial charge >= 0.3 is 0 Å². The molecule has 1 N–H and O–H groups in total. The van der Waals surface area contributed by atoms with Crippen LogP contribution < -0.4 is 9.64 Å². The molecule has 0 aliphatic carbocycles. The molecule has 36 heavy (non-hydrogen) atoms. The highest BCUT2D eigenvalue weighted by Crippen LogP contribution is 2.62. The van der Waals surface area contributed by atoms with E-state index in [1.165, 1.54) is 11.1 Å². The standard InChI is InChI=1S/C26H21ClN4O5/c1-25-18(32)11-26(36-25,8-10-35-19-7-5-15(27)13-30-19)21-20(25)23(33)31(24(21)34)17-6-4-14(12-28)22-16(17)3-2-9-29-22/h2-7,9,13,18,20-21,32H,8,10-11H2,1H3/t18?,20-,21+,25-,26+/m0/s1. The van der Waals surface area contributed by atoms with Gasteiger partial charge in [0.1, 0.15) is 11.7 Å². The summed E-state index contributed by atoms with van der Waals surface area (Å²) in [7, 11) is 0. The number of amides is 2. The summed E-state index contributed by atoms with van der Waals surface area (Å²) in [6, 6.07) is 12.0. The molecule has 3 aromatic rings. The third kappa shape index (κ3) is 3.08. The first kappa shape index (κ1) is 22.9. The molecule has 10 heteroatoms. The Morgan fingerprint density at radius 3 is 2.78 bits per heavy atom. The van der Waals surface area contributed by atoms with Crippen molar-refractivity contribution in [2.45, 2.75) is 37.1 Å². The average molecular weight is 505 g/mol. The molecule has 2 aromatic heterocycles. The Balaban J connectivity index is 1.35. The lowest BCUT2D eigenvalue weighted by Crippen LogP contribution is -2.49. The lowest BCUT2D eigenvalue weighted by molar-refractivity contribution is -0.134. The number of aliphatic hydroxyl groups excluding tert-OH is 1. The summed E-state index contributed by atoms with van der Waals surface area (Å²) in [5, 5.41) is 21.4. The minimum Gasteiger partial charge on any atom is -0.478 e. The van der Waals surface area contributed by atoms with Gasteiger partial charge in [-0.15, -0.1) is 0 Å². The van der Waals surface area contributed by atoms with Gasteiger partial charge in [0.25, 0.3) is 0 Å². The van der Waals surface area contributed by atoms with Gasteiger partial charge in [-0.2, -0.15) is 5.26 Å². The van der Waals surface area contributed by atoms with Crippen LogP contribution in [0.25, 0.3) is 10.9 Å². The van der Waals surface area contributed by atoms with Crippen LogP contribution in [0.15, 0.2) is 48.8 Å². The fourth-order valence-electron chi connectivity index (χ4n) is 6.08. The normalized spacial score (nSPS) is 30.6. The zero-order valence-corrected chi connectivity index (χ0v) is 20.0. The van der Waals surface area contributed by atoms with Crippen LogP contribution >= 0.6 is 11.6 Å². The average Bonchev–Trinajstić information content (AvgIpc) is 3.41. The van der Waals surface area contributed by atoms with Crippen molar-refractivity contribution in [3.63, 3.8) is 0 Å². The Bertz CT molecular complexity index is 1460. The van der Waals surface area contributed by atoms with Crippen molar-refractivity contribution in [1.82, 2.24) is 9.97 Å². The molecule has 9 nitrogen and oxygen atoms in total. The number of hydrogen-bond donors (Lipinski definition) is 1. The monoisotopic (exact) mass is 504 g/mol. The quantitative estimate of drug-likeness (QED) is 0.525. The Morgan fingerprint density at radius 2 is 2.03 bits per heavy atom. The number of ether oxygens (including phenoxy) is 2. The second kappa shape index (κ2) is 7.96. The van der Waals surface area contributed by atoms with Gasteiger partial charge in [0.15, 0.2) is 0 Å². The molecule has 2 amide bonds. The van der Waals surface area contributed by atoms with Crippen molar-refractivity contribution in [2.75, 3.05) is 11.5 Å². The molecule has 2 bridgehead atoms. The summed E-state index contributed by atoms with van der Waals surface area (Å²) in [6.07, 6.45) is 2.62. The Hall–Kier alpha value is -3.58. The van der Waals surface area contributed by atoms with Crippen LogP contribution in [0.5, 0.6) is 5.88 Å². The number of carbonyl (C=O) groups is 2. The first-order valence-electron chi connectivity index (χ1n) is 11.6. The van der Waals surface area contributed by atoms with E-state index < -0.39 is 35.0 Å². The zero-order chi connectivity index (χ0) is 25.2. The molecule has 0 radical (unpaired) electrons. The number of nitrogens with zero attached hydrogens (tertiary/aromatic N) is 4. The largest absolute Gasteiger partial charge is 0.478 e. The highest BCUT2D eigenvalue weighted by molar-refractivity contribution is 6.30. The van der Waals surface area contributed by atoms with Gasteiger partial charge in [-0.1, -0.05) is 11.6 Å². The van der Waals surface area contributed by atoms with Crippen LogP contribution in [-0.2, 0) is 14.3 Å². The minimum absolute atomic E-state index is 0.172. The van der Waals surface area contributed by atoms with Crippen LogP contribution in [0.2, 0.25) is 5.02 Å². The van der Waals surface area contributed by atoms with Crippen LogP contribution in [0, 0.1) is 23.2 Å². The molecule has 0 saturated carbocycles. The van der Waals surface area contributed by atoms with Crippen LogP contribution in [-0.4, -0.2) is 50.8 Å². The summed E-state index contributed by atoms with van der Waals surface area (Å²) in [4.78, 5) is 37.3. The summed E-state index contributed by atoms with van der Waals surface area (Å²) in [6.45, 7) is 1.87. The Kier molecular flexibility index (Phi) is 5.06. The van der Waals surface area contributed by atoms with E-state index in [0.717, 1.165) is 0 Å². The van der Waals surface area contributed by atoms with E-state index in [9.17, 15) is 20.0 Å². The maximum absolute atomic E-state index is 13.9. The number of rotatable bonds is 5. The number of benzene rings is 1. The maximum atomic E-state index is 13.9. The van der Waals surface area contributed by atoms with Crippen molar-refractivity contribution in [3.8, 4) is 11.9 Å². The lowest BCUT2D eigenvalue weighted by atomic mass is 9.66. The van der Waals surface area contributed by atoms with Crippen LogP contribution in [0.3, 0.4) is 0 Å². The second-order valence-corrected chi connectivity index (χ2v) is 10.0. The summed E-state index contributed by atoms with van der Waals surface area (Å²) in [5.41, 5.74) is -1.13. The van der Waals surface area contributed by atoms with Crippen LogP contribution in [0.1, 0.15) is 25.3 Å². The van der Waals surface area contributed by atoms with E-state index in [0.29, 0.717) is 33.1 Å². The molecular weight excluding hydrogens is 484 g/mol. The molecule has 3 aliphatic rings.